The number of aromatic nitrogens is 3. The van der Waals surface area contributed by atoms with Gasteiger partial charge in [-0.05, 0) is 6.92 Å². The van der Waals surface area contributed by atoms with E-state index < -0.39 is 47.7 Å². The lowest BCUT2D eigenvalue weighted by Crippen LogP contribution is -2.26. The summed E-state index contributed by atoms with van der Waals surface area (Å²) in [5.74, 6) is -0.237. The third-order valence-corrected chi connectivity index (χ3v) is 3.73. The molecule has 0 bridgehead atoms. The maximum Gasteiger partial charge on any atom is 0.434 e. The van der Waals surface area contributed by atoms with E-state index in [2.05, 4.69) is 9.98 Å². The first-order valence-corrected chi connectivity index (χ1v) is 7.51. The molecule has 0 unspecified atom stereocenters. The van der Waals surface area contributed by atoms with E-state index in [9.17, 15) is 31.1 Å². The molecule has 0 aliphatic carbocycles. The Labute approximate surface area is 148 Å². The number of aliphatic imine (C=N–C) groups is 1. The second-order valence-electron chi connectivity index (χ2n) is 5.66. The van der Waals surface area contributed by atoms with Crippen molar-refractivity contribution in [1.82, 2.24) is 14.0 Å². The minimum Gasteiger partial charge on any atom is -0.404 e. The molecular weight excluding hydrogens is 380 g/mol. The second kappa shape index (κ2) is 7.08. The summed E-state index contributed by atoms with van der Waals surface area (Å²) in [6.45, 7) is 0.850. The van der Waals surface area contributed by atoms with Crippen molar-refractivity contribution in [2.24, 2.45) is 17.8 Å². The fourth-order valence-corrected chi connectivity index (χ4v) is 2.32. The number of fused-ring (bicyclic) bond motifs is 1. The fraction of sp³-hybridized carbons (Fsp3) is 0.400. The lowest BCUT2D eigenvalue weighted by molar-refractivity contribution is -0.141. The highest BCUT2D eigenvalue weighted by Gasteiger charge is 2.38. The summed E-state index contributed by atoms with van der Waals surface area (Å²) in [5, 5.41) is 0. The second-order valence-corrected chi connectivity index (χ2v) is 5.66. The van der Waals surface area contributed by atoms with E-state index in [-0.39, 0.29) is 5.78 Å². The van der Waals surface area contributed by atoms with Crippen LogP contribution in [0.3, 0.4) is 0 Å². The topological polar surface area (TPSA) is 77.7 Å². The molecule has 6 nitrogen and oxygen atoms in total. The monoisotopic (exact) mass is 395 g/mol. The van der Waals surface area contributed by atoms with E-state index >= 15 is 0 Å². The number of hydrogen-bond acceptors (Lipinski definition) is 4. The number of allylic oxidation sites excluding steroid dienone is 1. The molecule has 0 aromatic carbocycles. The van der Waals surface area contributed by atoms with E-state index in [0.29, 0.717) is 18.1 Å². The first-order chi connectivity index (χ1) is 12.4. The van der Waals surface area contributed by atoms with E-state index in [0.717, 1.165) is 4.40 Å². The van der Waals surface area contributed by atoms with Crippen molar-refractivity contribution < 1.29 is 26.3 Å². The molecular formula is C15H15F6N5O. The van der Waals surface area contributed by atoms with Gasteiger partial charge in [0.1, 0.15) is 0 Å². The molecule has 0 aliphatic rings. The van der Waals surface area contributed by atoms with Crippen LogP contribution in [0, 0.1) is 6.92 Å². The van der Waals surface area contributed by atoms with Crippen molar-refractivity contribution in [1.29, 1.82) is 0 Å². The Bertz CT molecular complexity index is 964. The van der Waals surface area contributed by atoms with Crippen molar-refractivity contribution in [3.05, 3.63) is 39.7 Å². The van der Waals surface area contributed by atoms with E-state index in [1.807, 2.05) is 0 Å². The van der Waals surface area contributed by atoms with Gasteiger partial charge in [-0.3, -0.25) is 14.2 Å². The third-order valence-electron chi connectivity index (χ3n) is 3.73. The minimum atomic E-state index is -4.99. The summed E-state index contributed by atoms with van der Waals surface area (Å²) in [6.07, 6.45) is -8.04. The normalized spacial score (nSPS) is 13.9. The van der Waals surface area contributed by atoms with E-state index in [1.54, 1.807) is 6.92 Å². The van der Waals surface area contributed by atoms with Gasteiger partial charge in [0.2, 0.25) is 5.78 Å². The molecule has 2 N–H and O–H groups in total. The third kappa shape index (κ3) is 4.31. The molecule has 2 heterocycles. The van der Waals surface area contributed by atoms with Crippen molar-refractivity contribution in [3.63, 3.8) is 0 Å². The zero-order valence-corrected chi connectivity index (χ0v) is 14.2. The molecule has 12 heteroatoms. The van der Waals surface area contributed by atoms with E-state index in [1.165, 1.54) is 17.8 Å². The van der Waals surface area contributed by atoms with Gasteiger partial charge in [0.25, 0.3) is 5.56 Å². The number of hydrogen-bond donors (Lipinski definition) is 1. The van der Waals surface area contributed by atoms with Crippen LogP contribution in [0.5, 0.6) is 0 Å². The van der Waals surface area contributed by atoms with Crippen molar-refractivity contribution >= 4 is 17.6 Å². The average molecular weight is 395 g/mol. The van der Waals surface area contributed by atoms with Crippen LogP contribution in [-0.4, -0.2) is 32.9 Å². The molecule has 27 heavy (non-hydrogen) atoms. The van der Waals surface area contributed by atoms with Crippen LogP contribution in [-0.2, 0) is 13.2 Å². The summed E-state index contributed by atoms with van der Waals surface area (Å²) in [5.41, 5.74) is 1.87. The molecule has 0 amide bonds. The van der Waals surface area contributed by atoms with Gasteiger partial charge < -0.3 is 10.3 Å². The van der Waals surface area contributed by atoms with Crippen molar-refractivity contribution in [2.75, 3.05) is 6.54 Å². The van der Waals surface area contributed by atoms with Crippen molar-refractivity contribution in [3.8, 4) is 0 Å². The molecule has 0 spiro atoms. The van der Waals surface area contributed by atoms with Crippen LogP contribution < -0.4 is 11.3 Å². The molecule has 148 valence electrons. The number of halogens is 6. The molecule has 0 saturated carbocycles. The Morgan fingerprint density at radius 2 is 1.93 bits per heavy atom. The van der Waals surface area contributed by atoms with Crippen LogP contribution in [0.2, 0.25) is 0 Å². The van der Waals surface area contributed by atoms with Crippen LogP contribution in [0.25, 0.3) is 11.4 Å². The molecule has 2 aromatic heterocycles. The van der Waals surface area contributed by atoms with Gasteiger partial charge in [0, 0.05) is 43.5 Å². The molecule has 0 saturated heterocycles. The Morgan fingerprint density at radius 1 is 1.30 bits per heavy atom. The molecule has 0 radical (unpaired) electrons. The molecule has 2 aromatic rings. The van der Waals surface area contributed by atoms with Gasteiger partial charge in [-0.1, -0.05) is 0 Å². The lowest BCUT2D eigenvalue weighted by Gasteiger charge is -2.12. The van der Waals surface area contributed by atoms with Crippen LogP contribution in [0.4, 0.5) is 26.3 Å². The Morgan fingerprint density at radius 3 is 2.44 bits per heavy atom. The summed E-state index contributed by atoms with van der Waals surface area (Å²) in [7, 11) is 1.44. The van der Waals surface area contributed by atoms with Gasteiger partial charge in [-0.25, -0.2) is 4.98 Å². The van der Waals surface area contributed by atoms with Crippen LogP contribution >= 0.6 is 0 Å². The van der Waals surface area contributed by atoms with Crippen molar-refractivity contribution in [2.45, 2.75) is 25.7 Å². The smallest absolute Gasteiger partial charge is 0.404 e. The highest BCUT2D eigenvalue weighted by Crippen LogP contribution is 2.32. The van der Waals surface area contributed by atoms with Crippen LogP contribution in [0.15, 0.2) is 22.2 Å². The van der Waals surface area contributed by atoms with Gasteiger partial charge in [0.15, 0.2) is 5.69 Å². The highest BCUT2D eigenvalue weighted by molar-refractivity contribution is 6.10. The summed E-state index contributed by atoms with van der Waals surface area (Å²) in [6, 6.07) is 0. The SMILES string of the molecule is Cc1cn2c(=O)c(C(C=NCCC(F)(F)F)=CN)c(C(F)(F)F)nc2n1C. The molecule has 2 rings (SSSR count). The highest BCUT2D eigenvalue weighted by atomic mass is 19.4. The minimum absolute atomic E-state index is 0.237. The molecule has 0 atom stereocenters. The Kier molecular flexibility index (Phi) is 5.38. The summed E-state index contributed by atoms with van der Waals surface area (Å²) >= 11 is 0. The average Bonchev–Trinajstić information content (AvgIpc) is 2.82. The molecule has 0 aliphatic heterocycles. The van der Waals surface area contributed by atoms with Gasteiger partial charge in [0.05, 0.1) is 12.0 Å². The van der Waals surface area contributed by atoms with E-state index in [4.69, 9.17) is 5.73 Å². The lowest BCUT2D eigenvalue weighted by atomic mass is 10.1. The number of alkyl halides is 6. The predicted molar refractivity (Wildman–Crippen MR) is 86.4 cm³/mol. The van der Waals surface area contributed by atoms with Crippen LogP contribution in [0.1, 0.15) is 23.4 Å². The number of aryl methyl sites for hydroxylation is 2. The zero-order chi connectivity index (χ0) is 20.6. The maximum atomic E-state index is 13.5. The van der Waals surface area contributed by atoms with Gasteiger partial charge >= 0.3 is 12.4 Å². The predicted octanol–water partition coefficient (Wildman–Crippen LogP) is 2.68. The Hall–Kier alpha value is -2.79. The first-order valence-electron chi connectivity index (χ1n) is 7.51. The Balaban J connectivity index is 2.63. The zero-order valence-electron chi connectivity index (χ0n) is 14.2. The number of nitrogens with zero attached hydrogens (tertiary/aromatic N) is 4. The summed E-state index contributed by atoms with van der Waals surface area (Å²) in [4.78, 5) is 19.6. The summed E-state index contributed by atoms with van der Waals surface area (Å²) < 4.78 is 79.0. The number of rotatable bonds is 4. The largest absolute Gasteiger partial charge is 0.434 e. The molecule has 0 fully saturated rings. The quantitative estimate of drug-likeness (QED) is 0.639. The van der Waals surface area contributed by atoms with Gasteiger partial charge in [-0.2, -0.15) is 26.3 Å². The van der Waals surface area contributed by atoms with Gasteiger partial charge in [-0.15, -0.1) is 0 Å². The number of nitrogens with two attached hydrogens (primary N) is 1. The fourth-order valence-electron chi connectivity index (χ4n) is 2.32. The maximum absolute atomic E-state index is 13.5. The standard InChI is InChI=1S/C15H15F6N5O/c1-8-7-26-12(27)10(9(5-22)6-23-4-3-14(16,17)18)11(15(19,20)21)24-13(26)25(8)2/h5-7H,3-4,22H2,1-2H3. The number of imidazole rings is 1. The first kappa shape index (κ1) is 20.5.